The van der Waals surface area contributed by atoms with E-state index in [4.69, 9.17) is 0 Å². The maximum atomic E-state index is 13.0. The van der Waals surface area contributed by atoms with Crippen LogP contribution < -0.4 is 5.32 Å². The van der Waals surface area contributed by atoms with Crippen molar-refractivity contribution in [2.24, 2.45) is 0 Å². The van der Waals surface area contributed by atoms with Crippen molar-refractivity contribution in [3.8, 4) is 0 Å². The monoisotopic (exact) mass is 311 g/mol. The molecule has 0 aliphatic rings. The van der Waals surface area contributed by atoms with Gasteiger partial charge in [-0.1, -0.05) is 6.08 Å². The van der Waals surface area contributed by atoms with Crippen molar-refractivity contribution in [1.82, 2.24) is 5.32 Å². The van der Waals surface area contributed by atoms with E-state index >= 15 is 0 Å². The molecule has 0 bridgehead atoms. The zero-order valence-electron chi connectivity index (χ0n) is 10.8. The van der Waals surface area contributed by atoms with Gasteiger partial charge in [0.15, 0.2) is 0 Å². The van der Waals surface area contributed by atoms with Gasteiger partial charge in [0.05, 0.1) is 11.1 Å². The molecule has 0 unspecified atom stereocenters. The molecule has 0 aliphatic carbocycles. The highest BCUT2D eigenvalue weighted by Gasteiger charge is 2.39. The van der Waals surface area contributed by atoms with Gasteiger partial charge in [-0.05, 0) is 24.1 Å². The first-order valence-electron chi connectivity index (χ1n) is 5.66. The number of allylic oxidation sites excluding steroid dienone is 1. The van der Waals surface area contributed by atoms with Gasteiger partial charge in [0.2, 0.25) is 0 Å². The van der Waals surface area contributed by atoms with Gasteiger partial charge in [-0.25, -0.2) is 0 Å². The quantitative estimate of drug-likeness (QED) is 0.667. The van der Waals surface area contributed by atoms with E-state index in [1.54, 1.807) is 0 Å². The molecule has 1 amide bonds. The van der Waals surface area contributed by atoms with Crippen molar-refractivity contribution < 1.29 is 31.1 Å². The number of rotatable bonds is 3. The van der Waals surface area contributed by atoms with Crippen LogP contribution in [0.5, 0.6) is 0 Å². The fraction of sp³-hybridized carbons (Fsp3) is 0.308. The van der Waals surface area contributed by atoms with E-state index in [1.165, 1.54) is 0 Å². The number of nitrogens with one attached hydrogen (secondary N) is 1. The minimum atomic E-state index is -5.01. The van der Waals surface area contributed by atoms with Gasteiger partial charge in [-0.3, -0.25) is 4.79 Å². The van der Waals surface area contributed by atoms with Gasteiger partial charge in [0.1, 0.15) is 0 Å². The molecule has 21 heavy (non-hydrogen) atoms. The Kier molecular flexibility index (Phi) is 4.70. The number of hydrogen-bond acceptors (Lipinski definition) is 1. The fourth-order valence-corrected chi connectivity index (χ4v) is 1.79. The Morgan fingerprint density at radius 1 is 1.19 bits per heavy atom. The summed E-state index contributed by atoms with van der Waals surface area (Å²) < 4.78 is 77.0. The first-order valence-corrected chi connectivity index (χ1v) is 5.66. The highest BCUT2D eigenvalue weighted by molar-refractivity contribution is 5.96. The Balaban J connectivity index is 3.74. The maximum absolute atomic E-state index is 13.0. The molecular formula is C13H11F6NO. The van der Waals surface area contributed by atoms with E-state index in [1.807, 2.05) is 5.32 Å². The summed E-state index contributed by atoms with van der Waals surface area (Å²) in [6, 6.07) is 0.415. The van der Waals surface area contributed by atoms with E-state index in [2.05, 4.69) is 6.58 Å². The molecular weight excluding hydrogens is 300 g/mol. The number of hydrogen-bond donors (Lipinski definition) is 1. The number of benzene rings is 1. The van der Waals surface area contributed by atoms with Crippen LogP contribution in [0.4, 0.5) is 26.3 Å². The van der Waals surface area contributed by atoms with E-state index in [-0.39, 0.29) is 12.5 Å². The lowest BCUT2D eigenvalue weighted by Gasteiger charge is -2.18. The molecule has 1 aromatic rings. The van der Waals surface area contributed by atoms with Crippen LogP contribution in [0, 0.1) is 0 Å². The number of alkyl halides is 6. The molecule has 8 heteroatoms. The van der Waals surface area contributed by atoms with Crippen LogP contribution in [-0.4, -0.2) is 13.0 Å². The molecule has 1 aromatic carbocycles. The first-order chi connectivity index (χ1) is 9.52. The third-order valence-corrected chi connectivity index (χ3v) is 2.70. The van der Waals surface area contributed by atoms with Gasteiger partial charge in [0, 0.05) is 12.6 Å². The molecule has 0 atom stereocenters. The highest BCUT2D eigenvalue weighted by Crippen LogP contribution is 2.39. The van der Waals surface area contributed by atoms with Gasteiger partial charge in [-0.2, -0.15) is 26.3 Å². The van der Waals surface area contributed by atoms with Crippen LogP contribution in [0.25, 0.3) is 0 Å². The van der Waals surface area contributed by atoms with Crippen LogP contribution in [0.3, 0.4) is 0 Å². The molecule has 0 aromatic heterocycles. The van der Waals surface area contributed by atoms with Crippen LogP contribution in [0.15, 0.2) is 24.8 Å². The largest absolute Gasteiger partial charge is 0.416 e. The van der Waals surface area contributed by atoms with Gasteiger partial charge in [0.25, 0.3) is 5.91 Å². The summed E-state index contributed by atoms with van der Waals surface area (Å²) in [5.74, 6) is -1.02. The highest BCUT2D eigenvalue weighted by atomic mass is 19.4. The number of carbonyl (C=O) groups excluding carboxylic acids is 1. The summed E-state index contributed by atoms with van der Waals surface area (Å²) >= 11 is 0. The molecule has 2 nitrogen and oxygen atoms in total. The van der Waals surface area contributed by atoms with Crippen LogP contribution in [0.2, 0.25) is 0 Å². The van der Waals surface area contributed by atoms with Crippen molar-refractivity contribution in [1.29, 1.82) is 0 Å². The van der Waals surface area contributed by atoms with E-state index < -0.39 is 40.5 Å². The van der Waals surface area contributed by atoms with Gasteiger partial charge < -0.3 is 5.32 Å². The zero-order valence-corrected chi connectivity index (χ0v) is 10.8. The average Bonchev–Trinajstić information content (AvgIpc) is 2.35. The van der Waals surface area contributed by atoms with Crippen molar-refractivity contribution >= 4 is 5.91 Å². The summed E-state index contributed by atoms with van der Waals surface area (Å²) in [4.78, 5) is 11.6. The molecule has 116 valence electrons. The van der Waals surface area contributed by atoms with Crippen LogP contribution in [0.1, 0.15) is 27.0 Å². The molecule has 0 saturated heterocycles. The normalized spacial score (nSPS) is 12.1. The Morgan fingerprint density at radius 2 is 1.76 bits per heavy atom. The Labute approximate surface area is 116 Å². The number of amides is 1. The summed E-state index contributed by atoms with van der Waals surface area (Å²) in [6.45, 7) is 3.26. The summed E-state index contributed by atoms with van der Waals surface area (Å²) in [5.41, 5.74) is -4.22. The Hall–Kier alpha value is -1.99. The predicted octanol–water partition coefficient (Wildman–Crippen LogP) is 3.81. The second-order valence-corrected chi connectivity index (χ2v) is 4.12. The molecule has 0 spiro atoms. The van der Waals surface area contributed by atoms with Crippen LogP contribution in [-0.2, 0) is 18.8 Å². The zero-order chi connectivity index (χ0) is 16.4. The molecule has 1 N–H and O–H groups in total. The fourth-order valence-electron chi connectivity index (χ4n) is 1.79. The van der Waals surface area contributed by atoms with E-state index in [0.717, 1.165) is 13.1 Å². The molecule has 0 aliphatic heterocycles. The average molecular weight is 311 g/mol. The molecule has 0 heterocycles. The summed E-state index contributed by atoms with van der Waals surface area (Å²) in [6.07, 6.45) is -9.29. The summed E-state index contributed by atoms with van der Waals surface area (Å²) in [5, 5.41) is 2.03. The number of halogens is 6. The molecule has 0 fully saturated rings. The smallest absolute Gasteiger partial charge is 0.355 e. The standard InChI is InChI=1S/C13H11F6NO/c1-3-4-8-9(11(21)20-2)5-7(12(14,15)16)6-10(8)13(17,18)19/h3,5-6H,1,4H2,2H3,(H,20,21). The molecule has 0 radical (unpaired) electrons. The predicted molar refractivity (Wildman–Crippen MR) is 63.7 cm³/mol. The maximum Gasteiger partial charge on any atom is 0.416 e. The van der Waals surface area contributed by atoms with E-state index in [0.29, 0.717) is 6.07 Å². The van der Waals surface area contributed by atoms with Gasteiger partial charge >= 0.3 is 12.4 Å². The topological polar surface area (TPSA) is 29.1 Å². The minimum Gasteiger partial charge on any atom is -0.355 e. The van der Waals surface area contributed by atoms with Crippen molar-refractivity contribution in [2.45, 2.75) is 18.8 Å². The lowest BCUT2D eigenvalue weighted by Crippen LogP contribution is -2.23. The SMILES string of the molecule is C=CCc1c(C(=O)NC)cc(C(F)(F)F)cc1C(F)(F)F. The third kappa shape index (κ3) is 3.77. The summed E-state index contributed by atoms with van der Waals surface area (Å²) in [7, 11) is 1.12. The second kappa shape index (κ2) is 5.79. The Bertz CT molecular complexity index is 559. The molecule has 1 rings (SSSR count). The van der Waals surface area contributed by atoms with Crippen molar-refractivity contribution in [3.05, 3.63) is 47.0 Å². The van der Waals surface area contributed by atoms with Crippen molar-refractivity contribution in [2.75, 3.05) is 7.05 Å². The minimum absolute atomic E-state index is 0.00523. The first kappa shape index (κ1) is 17.1. The van der Waals surface area contributed by atoms with Crippen molar-refractivity contribution in [3.63, 3.8) is 0 Å². The van der Waals surface area contributed by atoms with Crippen LogP contribution >= 0.6 is 0 Å². The molecule has 0 saturated carbocycles. The third-order valence-electron chi connectivity index (χ3n) is 2.70. The van der Waals surface area contributed by atoms with E-state index in [9.17, 15) is 31.1 Å². The second-order valence-electron chi connectivity index (χ2n) is 4.12. The van der Waals surface area contributed by atoms with Gasteiger partial charge in [-0.15, -0.1) is 6.58 Å². The lowest BCUT2D eigenvalue weighted by molar-refractivity contribution is -0.143. The lowest BCUT2D eigenvalue weighted by atomic mass is 9.94. The Morgan fingerprint density at radius 3 is 2.14 bits per heavy atom. The number of carbonyl (C=O) groups is 1.